The third-order valence-electron chi connectivity index (χ3n) is 3.10. The molecule has 0 radical (unpaired) electrons. The smallest absolute Gasteiger partial charge is 0.124 e. The summed E-state index contributed by atoms with van der Waals surface area (Å²) in [4.78, 5) is 4.60. The predicted molar refractivity (Wildman–Crippen MR) is 62.9 cm³/mol. The van der Waals surface area contributed by atoms with Crippen molar-refractivity contribution in [2.24, 2.45) is 5.73 Å². The van der Waals surface area contributed by atoms with Gasteiger partial charge in [-0.1, -0.05) is 0 Å². The van der Waals surface area contributed by atoms with E-state index in [-0.39, 0.29) is 5.84 Å². The van der Waals surface area contributed by atoms with Gasteiger partial charge in [-0.3, -0.25) is 5.41 Å². The van der Waals surface area contributed by atoms with Crippen LogP contribution in [0.5, 0.6) is 0 Å². The Hall–Kier alpha value is -1.84. The summed E-state index contributed by atoms with van der Waals surface area (Å²) in [6.07, 6.45) is 4.37. The van der Waals surface area contributed by atoms with Crippen molar-refractivity contribution in [2.75, 3.05) is 0 Å². The summed E-state index contributed by atoms with van der Waals surface area (Å²) in [6.45, 7) is 2.02. The van der Waals surface area contributed by atoms with Crippen LogP contribution in [0, 0.1) is 12.3 Å². The molecule has 0 atom stereocenters. The van der Waals surface area contributed by atoms with Gasteiger partial charge in [-0.05, 0) is 31.9 Å². The Labute approximate surface area is 93.6 Å². The zero-order chi connectivity index (χ0) is 11.3. The van der Waals surface area contributed by atoms with Crippen molar-refractivity contribution < 1.29 is 0 Å². The molecule has 0 saturated heterocycles. The molecule has 1 aliphatic rings. The quantitative estimate of drug-likeness (QED) is 0.591. The van der Waals surface area contributed by atoms with Crippen LogP contribution < -0.4 is 5.73 Å². The largest absolute Gasteiger partial charge is 0.384 e. The zero-order valence-corrected chi connectivity index (χ0v) is 9.20. The maximum atomic E-state index is 7.45. The summed E-state index contributed by atoms with van der Waals surface area (Å²) in [6, 6.07) is 3.87. The molecule has 82 valence electrons. The van der Waals surface area contributed by atoms with Crippen molar-refractivity contribution in [2.45, 2.75) is 25.7 Å². The van der Waals surface area contributed by atoms with Crippen LogP contribution in [-0.2, 0) is 0 Å². The van der Waals surface area contributed by atoms with Crippen molar-refractivity contribution in [3.8, 4) is 0 Å². The van der Waals surface area contributed by atoms with Gasteiger partial charge in [0.25, 0.3) is 0 Å². The van der Waals surface area contributed by atoms with E-state index in [0.717, 1.165) is 22.6 Å². The monoisotopic (exact) mass is 214 g/mol. The van der Waals surface area contributed by atoms with Crippen molar-refractivity contribution in [3.05, 3.63) is 35.4 Å². The highest BCUT2D eigenvalue weighted by molar-refractivity contribution is 5.95. The normalized spacial score (nSPS) is 15.6. The lowest BCUT2D eigenvalue weighted by Crippen LogP contribution is -2.12. The number of hydrogen-bond donors (Lipinski definition) is 2. The first kappa shape index (κ1) is 9.39. The molecule has 0 aliphatic heterocycles. The molecule has 0 aromatic carbocycles. The van der Waals surface area contributed by atoms with Gasteiger partial charge < -0.3 is 10.1 Å². The van der Waals surface area contributed by atoms with Crippen molar-refractivity contribution in [1.29, 1.82) is 5.41 Å². The predicted octanol–water partition coefficient (Wildman–Crippen LogP) is 1.80. The maximum absolute atomic E-state index is 7.45. The van der Waals surface area contributed by atoms with E-state index in [1.165, 1.54) is 12.8 Å². The Morgan fingerprint density at radius 3 is 2.88 bits per heavy atom. The number of aryl methyl sites for hydroxylation is 1. The molecular formula is C12H14N4. The Morgan fingerprint density at radius 2 is 2.25 bits per heavy atom. The average Bonchev–Trinajstić information content (AvgIpc) is 3.04. The van der Waals surface area contributed by atoms with E-state index in [2.05, 4.69) is 9.38 Å². The van der Waals surface area contributed by atoms with E-state index in [1.54, 1.807) is 0 Å². The molecule has 0 spiro atoms. The molecule has 2 aromatic rings. The number of aromatic nitrogens is 2. The number of imidazole rings is 1. The van der Waals surface area contributed by atoms with Gasteiger partial charge in [-0.25, -0.2) is 4.98 Å². The number of fused-ring (bicyclic) bond motifs is 1. The van der Waals surface area contributed by atoms with Gasteiger partial charge in [0, 0.05) is 17.7 Å². The number of nitrogens with one attached hydrogen (secondary N) is 1. The minimum atomic E-state index is 0.106. The van der Waals surface area contributed by atoms with E-state index < -0.39 is 0 Å². The van der Waals surface area contributed by atoms with Crippen molar-refractivity contribution >= 4 is 11.4 Å². The molecule has 1 aliphatic carbocycles. The second-order valence-electron chi connectivity index (χ2n) is 4.42. The lowest BCUT2D eigenvalue weighted by molar-refractivity contribution is 0.915. The number of hydrogen-bond acceptors (Lipinski definition) is 2. The molecule has 0 unspecified atom stereocenters. The summed E-state index contributed by atoms with van der Waals surface area (Å²) in [7, 11) is 0. The summed E-state index contributed by atoms with van der Waals surface area (Å²) in [5.41, 5.74) is 8.43. The fraction of sp³-hybridized carbons (Fsp3) is 0.333. The van der Waals surface area contributed by atoms with Gasteiger partial charge in [-0.2, -0.15) is 0 Å². The Balaban J connectivity index is 2.26. The van der Waals surface area contributed by atoms with E-state index in [9.17, 15) is 0 Å². The summed E-state index contributed by atoms with van der Waals surface area (Å²) >= 11 is 0. The minimum absolute atomic E-state index is 0.106. The third-order valence-corrected chi connectivity index (χ3v) is 3.10. The van der Waals surface area contributed by atoms with E-state index in [4.69, 9.17) is 11.1 Å². The number of amidine groups is 1. The molecule has 2 heterocycles. The van der Waals surface area contributed by atoms with E-state index >= 15 is 0 Å². The second kappa shape index (κ2) is 3.07. The average molecular weight is 214 g/mol. The van der Waals surface area contributed by atoms with Gasteiger partial charge in [-0.15, -0.1) is 0 Å². The molecular weight excluding hydrogens is 200 g/mol. The first-order valence-electron chi connectivity index (χ1n) is 5.50. The Kier molecular flexibility index (Phi) is 1.80. The topological polar surface area (TPSA) is 67.2 Å². The molecule has 3 rings (SSSR count). The van der Waals surface area contributed by atoms with Gasteiger partial charge in [0.2, 0.25) is 0 Å². The fourth-order valence-corrected chi connectivity index (χ4v) is 2.06. The SMILES string of the molecule is Cc1nc(C2CC2)n2cc(C(=N)N)ccc12. The number of pyridine rings is 1. The van der Waals surface area contributed by atoms with E-state index in [1.807, 2.05) is 25.3 Å². The van der Waals surface area contributed by atoms with Gasteiger partial charge in [0.05, 0.1) is 11.2 Å². The van der Waals surface area contributed by atoms with Crippen molar-refractivity contribution in [1.82, 2.24) is 9.38 Å². The number of rotatable bonds is 2. The van der Waals surface area contributed by atoms with Crippen LogP contribution in [0.3, 0.4) is 0 Å². The standard InChI is InChI=1S/C12H14N4/c1-7-10-5-4-9(11(13)14)6-16(10)12(15-7)8-2-3-8/h4-6,8H,2-3H2,1H3,(H3,13,14). The Bertz CT molecular complexity index is 578. The van der Waals surface area contributed by atoms with Crippen LogP contribution in [0.15, 0.2) is 18.3 Å². The lowest BCUT2D eigenvalue weighted by atomic mass is 10.2. The van der Waals surface area contributed by atoms with Crippen LogP contribution in [0.25, 0.3) is 5.52 Å². The summed E-state index contributed by atoms with van der Waals surface area (Å²) in [5, 5.41) is 7.45. The number of nitrogens with two attached hydrogens (primary N) is 1. The maximum Gasteiger partial charge on any atom is 0.124 e. The highest BCUT2D eigenvalue weighted by Crippen LogP contribution is 2.39. The first-order valence-corrected chi connectivity index (χ1v) is 5.50. The van der Waals surface area contributed by atoms with Crippen molar-refractivity contribution in [3.63, 3.8) is 0 Å². The molecule has 2 aromatic heterocycles. The first-order chi connectivity index (χ1) is 7.66. The van der Waals surface area contributed by atoms with Crippen LogP contribution in [0.2, 0.25) is 0 Å². The molecule has 4 heteroatoms. The highest BCUT2D eigenvalue weighted by atomic mass is 15.0. The molecule has 3 N–H and O–H groups in total. The summed E-state index contributed by atoms with van der Waals surface area (Å²) < 4.78 is 2.09. The molecule has 0 bridgehead atoms. The fourth-order valence-electron chi connectivity index (χ4n) is 2.06. The summed E-state index contributed by atoms with van der Waals surface area (Å²) in [5.74, 6) is 1.83. The minimum Gasteiger partial charge on any atom is -0.384 e. The van der Waals surface area contributed by atoms with E-state index in [0.29, 0.717) is 5.92 Å². The molecule has 1 fully saturated rings. The molecule has 1 saturated carbocycles. The van der Waals surface area contributed by atoms with Gasteiger partial charge in [0.1, 0.15) is 11.7 Å². The number of nitrogen functional groups attached to an aromatic ring is 1. The third kappa shape index (κ3) is 1.30. The molecule has 16 heavy (non-hydrogen) atoms. The lowest BCUT2D eigenvalue weighted by Gasteiger charge is -2.02. The second-order valence-corrected chi connectivity index (χ2v) is 4.42. The van der Waals surface area contributed by atoms with Gasteiger partial charge >= 0.3 is 0 Å². The van der Waals surface area contributed by atoms with Crippen LogP contribution in [0.4, 0.5) is 0 Å². The van der Waals surface area contributed by atoms with Crippen LogP contribution in [0.1, 0.15) is 35.8 Å². The zero-order valence-electron chi connectivity index (χ0n) is 9.20. The van der Waals surface area contributed by atoms with Gasteiger partial charge in [0.15, 0.2) is 0 Å². The van der Waals surface area contributed by atoms with Crippen LogP contribution >= 0.6 is 0 Å². The number of nitrogens with zero attached hydrogens (tertiary/aromatic N) is 2. The highest BCUT2D eigenvalue weighted by Gasteiger charge is 2.28. The molecule has 4 nitrogen and oxygen atoms in total. The Morgan fingerprint density at radius 1 is 1.50 bits per heavy atom. The molecule has 0 amide bonds. The van der Waals surface area contributed by atoms with Crippen LogP contribution in [-0.4, -0.2) is 15.2 Å².